The number of para-hydroxylation sites is 1. The van der Waals surface area contributed by atoms with Crippen LogP contribution in [0.15, 0.2) is 88.7 Å². The zero-order valence-corrected chi connectivity index (χ0v) is 23.6. The summed E-state index contributed by atoms with van der Waals surface area (Å²) in [6.45, 7) is 3.82. The number of piperidine rings is 1. The third-order valence-electron chi connectivity index (χ3n) is 7.35. The Morgan fingerprint density at radius 2 is 1.69 bits per heavy atom. The van der Waals surface area contributed by atoms with Crippen molar-refractivity contribution >= 4 is 46.9 Å². The maximum absolute atomic E-state index is 13.4. The molecule has 3 aromatic rings. The molecule has 0 spiro atoms. The van der Waals surface area contributed by atoms with E-state index in [1.807, 2.05) is 42.5 Å². The zero-order valence-electron chi connectivity index (χ0n) is 22.0. The molecule has 1 saturated heterocycles. The molecule has 0 aliphatic carbocycles. The first kappa shape index (κ1) is 27.5. The van der Waals surface area contributed by atoms with Crippen LogP contribution in [0.25, 0.3) is 6.08 Å². The fourth-order valence-corrected chi connectivity index (χ4v) is 6.41. The fourth-order valence-electron chi connectivity index (χ4n) is 5.22. The van der Waals surface area contributed by atoms with Gasteiger partial charge in [-0.3, -0.25) is 14.5 Å². The van der Waals surface area contributed by atoms with Crippen LogP contribution in [0.4, 0.5) is 5.69 Å². The summed E-state index contributed by atoms with van der Waals surface area (Å²) in [5.41, 5.74) is 3.09. The molecule has 39 heavy (non-hydrogen) atoms. The summed E-state index contributed by atoms with van der Waals surface area (Å²) in [6, 6.07) is 25.9. The summed E-state index contributed by atoms with van der Waals surface area (Å²) in [5.74, 6) is 0.449. The van der Waals surface area contributed by atoms with Gasteiger partial charge in [0.1, 0.15) is 6.54 Å². The van der Waals surface area contributed by atoms with Gasteiger partial charge in [-0.05, 0) is 92.7 Å². The Kier molecular flexibility index (Phi) is 9.40. The summed E-state index contributed by atoms with van der Waals surface area (Å²) in [7, 11) is 0. The topological polar surface area (TPSA) is 52.7 Å². The SMILES string of the molecule is O=C(CN1C(=O)/C(=C/c2ccc(Cl)cc2)Sc2ccccc21)NCCCN1CCC(Cc2ccccc2)CC1. The Morgan fingerprint density at radius 1 is 0.974 bits per heavy atom. The fraction of sp³-hybridized carbons (Fsp3) is 0.312. The predicted octanol–water partition coefficient (Wildman–Crippen LogP) is 6.28. The van der Waals surface area contributed by atoms with Gasteiger partial charge in [-0.2, -0.15) is 0 Å². The van der Waals surface area contributed by atoms with Crippen LogP contribution in [0.2, 0.25) is 5.02 Å². The van der Waals surface area contributed by atoms with Crippen molar-refractivity contribution in [1.82, 2.24) is 10.2 Å². The number of rotatable bonds is 9. The molecule has 5 nitrogen and oxygen atoms in total. The van der Waals surface area contributed by atoms with Gasteiger partial charge < -0.3 is 10.2 Å². The summed E-state index contributed by atoms with van der Waals surface area (Å²) in [6.07, 6.45) is 6.37. The number of halogens is 1. The van der Waals surface area contributed by atoms with Gasteiger partial charge in [0.15, 0.2) is 0 Å². The Labute approximate surface area is 240 Å². The molecule has 1 N–H and O–H groups in total. The number of thioether (sulfide) groups is 1. The largest absolute Gasteiger partial charge is 0.355 e. The minimum absolute atomic E-state index is 0.000749. The number of carbonyl (C=O) groups is 2. The lowest BCUT2D eigenvalue weighted by atomic mass is 9.90. The standard InChI is InChI=1S/C32H34ClN3O2S/c33-27-13-11-25(12-14-27)22-30-32(38)36(28-9-4-5-10-29(28)39-30)23-31(37)34-17-6-18-35-19-15-26(16-20-35)21-24-7-2-1-3-8-24/h1-5,7-14,22,26H,6,15-21,23H2,(H,34,37)/b30-22-. The van der Waals surface area contributed by atoms with E-state index in [-0.39, 0.29) is 18.4 Å². The second kappa shape index (κ2) is 13.3. The first-order chi connectivity index (χ1) is 19.0. The molecule has 2 aliphatic heterocycles. The molecule has 1 fully saturated rings. The molecule has 0 saturated carbocycles. The normalized spacial score (nSPS) is 17.3. The molecule has 0 bridgehead atoms. The van der Waals surface area contributed by atoms with E-state index in [1.54, 1.807) is 17.0 Å². The van der Waals surface area contributed by atoms with E-state index in [0.717, 1.165) is 54.5 Å². The molecule has 2 heterocycles. The predicted molar refractivity (Wildman–Crippen MR) is 161 cm³/mol. The van der Waals surface area contributed by atoms with Crippen molar-refractivity contribution in [3.63, 3.8) is 0 Å². The number of likely N-dealkylation sites (tertiary alicyclic amines) is 1. The minimum Gasteiger partial charge on any atom is -0.355 e. The number of nitrogens with one attached hydrogen (secondary N) is 1. The van der Waals surface area contributed by atoms with Crippen molar-refractivity contribution in [1.29, 1.82) is 0 Å². The Morgan fingerprint density at radius 3 is 2.46 bits per heavy atom. The molecule has 3 aromatic carbocycles. The molecular formula is C32H34ClN3O2S. The summed E-state index contributed by atoms with van der Waals surface area (Å²) < 4.78 is 0. The quantitative estimate of drug-likeness (QED) is 0.248. The number of hydrogen-bond acceptors (Lipinski definition) is 4. The van der Waals surface area contributed by atoms with Gasteiger partial charge in [-0.25, -0.2) is 0 Å². The van der Waals surface area contributed by atoms with Crippen molar-refractivity contribution in [2.45, 2.75) is 30.6 Å². The molecule has 2 aliphatic rings. The van der Waals surface area contributed by atoms with Crippen LogP contribution in [0.1, 0.15) is 30.4 Å². The summed E-state index contributed by atoms with van der Waals surface area (Å²) in [5, 5.41) is 3.68. The van der Waals surface area contributed by atoms with Gasteiger partial charge in [0.25, 0.3) is 5.91 Å². The number of fused-ring (bicyclic) bond motifs is 1. The van der Waals surface area contributed by atoms with Crippen molar-refractivity contribution in [2.75, 3.05) is 37.6 Å². The molecule has 2 amide bonds. The lowest BCUT2D eigenvalue weighted by Crippen LogP contribution is -2.43. The van der Waals surface area contributed by atoms with Crippen LogP contribution in [-0.2, 0) is 16.0 Å². The highest BCUT2D eigenvalue weighted by Crippen LogP contribution is 2.41. The average molecular weight is 560 g/mol. The maximum atomic E-state index is 13.4. The molecule has 0 radical (unpaired) electrons. The Bertz CT molecular complexity index is 1300. The van der Waals surface area contributed by atoms with E-state index in [9.17, 15) is 9.59 Å². The van der Waals surface area contributed by atoms with Crippen LogP contribution in [-0.4, -0.2) is 49.4 Å². The first-order valence-corrected chi connectivity index (χ1v) is 14.8. The number of benzene rings is 3. The van der Waals surface area contributed by atoms with Gasteiger partial charge in [0.2, 0.25) is 5.91 Å². The van der Waals surface area contributed by atoms with E-state index in [1.165, 1.54) is 30.2 Å². The molecule has 202 valence electrons. The first-order valence-electron chi connectivity index (χ1n) is 13.6. The molecular weight excluding hydrogens is 526 g/mol. The van der Waals surface area contributed by atoms with Crippen LogP contribution >= 0.6 is 23.4 Å². The Balaban J connectivity index is 1.10. The van der Waals surface area contributed by atoms with E-state index in [0.29, 0.717) is 16.5 Å². The minimum atomic E-state index is -0.165. The third kappa shape index (κ3) is 7.53. The smallest absolute Gasteiger partial charge is 0.265 e. The third-order valence-corrected chi connectivity index (χ3v) is 8.68. The number of nitrogens with zero attached hydrogens (tertiary/aromatic N) is 2. The highest BCUT2D eigenvalue weighted by molar-refractivity contribution is 8.04. The lowest BCUT2D eigenvalue weighted by Gasteiger charge is -2.32. The van der Waals surface area contributed by atoms with Gasteiger partial charge >= 0.3 is 0 Å². The van der Waals surface area contributed by atoms with Crippen LogP contribution in [0.5, 0.6) is 0 Å². The van der Waals surface area contributed by atoms with E-state index >= 15 is 0 Å². The van der Waals surface area contributed by atoms with Crippen LogP contribution in [0, 0.1) is 5.92 Å². The number of amides is 2. The van der Waals surface area contributed by atoms with Gasteiger partial charge in [0.05, 0.1) is 10.6 Å². The van der Waals surface area contributed by atoms with Gasteiger partial charge in [-0.15, -0.1) is 0 Å². The highest BCUT2D eigenvalue weighted by atomic mass is 35.5. The molecule has 7 heteroatoms. The van der Waals surface area contributed by atoms with Crippen molar-refractivity contribution in [3.05, 3.63) is 99.9 Å². The number of hydrogen-bond donors (Lipinski definition) is 1. The molecule has 5 rings (SSSR count). The summed E-state index contributed by atoms with van der Waals surface area (Å²) in [4.78, 5) is 31.9. The number of anilines is 1. The average Bonchev–Trinajstić information content (AvgIpc) is 2.96. The Hall–Kier alpha value is -3.06. The monoisotopic (exact) mass is 559 g/mol. The lowest BCUT2D eigenvalue weighted by molar-refractivity contribution is -0.122. The maximum Gasteiger partial charge on any atom is 0.265 e. The van der Waals surface area contributed by atoms with Gasteiger partial charge in [-0.1, -0.05) is 78.0 Å². The highest BCUT2D eigenvalue weighted by Gasteiger charge is 2.30. The number of carbonyl (C=O) groups excluding carboxylic acids is 2. The molecule has 0 unspecified atom stereocenters. The second-order valence-corrected chi connectivity index (χ2v) is 11.7. The van der Waals surface area contributed by atoms with E-state index in [4.69, 9.17) is 11.6 Å². The molecule has 0 atom stereocenters. The van der Waals surface area contributed by atoms with E-state index in [2.05, 4.69) is 40.5 Å². The zero-order chi connectivity index (χ0) is 27.0. The summed E-state index contributed by atoms with van der Waals surface area (Å²) >= 11 is 7.44. The van der Waals surface area contributed by atoms with Crippen LogP contribution in [0.3, 0.4) is 0 Å². The van der Waals surface area contributed by atoms with Crippen molar-refractivity contribution < 1.29 is 9.59 Å². The molecule has 0 aromatic heterocycles. The van der Waals surface area contributed by atoms with Crippen LogP contribution < -0.4 is 10.2 Å². The second-order valence-electron chi connectivity index (χ2n) is 10.2. The van der Waals surface area contributed by atoms with Gasteiger partial charge in [0, 0.05) is 16.5 Å². The van der Waals surface area contributed by atoms with Crippen molar-refractivity contribution in [3.8, 4) is 0 Å². The van der Waals surface area contributed by atoms with E-state index < -0.39 is 0 Å². The van der Waals surface area contributed by atoms with Crippen molar-refractivity contribution in [2.24, 2.45) is 5.92 Å².